The summed E-state index contributed by atoms with van der Waals surface area (Å²) in [4.78, 5) is 15.7. The number of hydrogen-bond donors (Lipinski definition) is 0. The van der Waals surface area contributed by atoms with E-state index >= 15 is 0 Å². The van der Waals surface area contributed by atoms with E-state index in [4.69, 9.17) is 4.74 Å². The molecule has 0 spiro atoms. The summed E-state index contributed by atoms with van der Waals surface area (Å²) in [5.74, 6) is -0.247. The zero-order valence-corrected chi connectivity index (χ0v) is 11.6. The molecule has 0 aliphatic rings. The summed E-state index contributed by atoms with van der Waals surface area (Å²) in [7, 11) is 0. The van der Waals surface area contributed by atoms with Crippen LogP contribution in [-0.2, 0) is 9.53 Å². The minimum Gasteiger partial charge on any atom is -0.465 e. The smallest absolute Gasteiger partial charge is 0.319 e. The lowest BCUT2D eigenvalue weighted by Gasteiger charge is -2.07. The van der Waals surface area contributed by atoms with E-state index in [1.807, 2.05) is 30.3 Å². The van der Waals surface area contributed by atoms with Gasteiger partial charge in [0.05, 0.1) is 12.3 Å². The van der Waals surface area contributed by atoms with Crippen LogP contribution in [-0.4, -0.2) is 32.6 Å². The quantitative estimate of drug-likeness (QED) is 0.620. The maximum absolute atomic E-state index is 11.5. The number of ether oxygens (including phenoxy) is 1. The molecule has 0 aliphatic heterocycles. The Labute approximate surface area is 116 Å². The minimum atomic E-state index is -0.313. The monoisotopic (exact) mass is 277 g/mol. The summed E-state index contributed by atoms with van der Waals surface area (Å²) >= 11 is 1.29. The number of benzene rings is 1. The maximum Gasteiger partial charge on any atom is 0.319 e. The predicted molar refractivity (Wildman–Crippen MR) is 73.3 cm³/mol. The average molecular weight is 277 g/mol. The van der Waals surface area contributed by atoms with E-state index in [-0.39, 0.29) is 11.2 Å². The molecule has 1 heterocycles. The highest BCUT2D eigenvalue weighted by Gasteiger charge is 2.17. The normalized spacial score (nSPS) is 12.1. The summed E-state index contributed by atoms with van der Waals surface area (Å²) in [6, 6.07) is 9.70. The van der Waals surface area contributed by atoms with Gasteiger partial charge >= 0.3 is 5.97 Å². The summed E-state index contributed by atoms with van der Waals surface area (Å²) in [6.07, 6.45) is 1.63. The van der Waals surface area contributed by atoms with Crippen molar-refractivity contribution in [2.45, 2.75) is 24.3 Å². The summed E-state index contributed by atoms with van der Waals surface area (Å²) in [5.41, 5.74) is 0.936. The summed E-state index contributed by atoms with van der Waals surface area (Å²) in [5, 5.41) is 4.57. The largest absolute Gasteiger partial charge is 0.465 e. The zero-order chi connectivity index (χ0) is 13.7. The first-order chi connectivity index (χ1) is 9.20. The molecule has 19 heavy (non-hydrogen) atoms. The van der Waals surface area contributed by atoms with Crippen molar-refractivity contribution in [3.05, 3.63) is 36.7 Å². The van der Waals surface area contributed by atoms with Crippen molar-refractivity contribution in [2.24, 2.45) is 0 Å². The minimum absolute atomic E-state index is 0.247. The first-order valence-electron chi connectivity index (χ1n) is 6.01. The standard InChI is InChI=1S/C13H15N3O2S/c1-3-18-12(17)10(2)19-13-14-9-16(15-13)11-7-5-4-6-8-11/h4-10H,3H2,1-2H3/t10-/m0/s1. The lowest BCUT2D eigenvalue weighted by Crippen LogP contribution is -2.16. The van der Waals surface area contributed by atoms with Gasteiger partial charge in [-0.1, -0.05) is 30.0 Å². The van der Waals surface area contributed by atoms with Gasteiger partial charge in [-0.15, -0.1) is 5.10 Å². The molecule has 0 fully saturated rings. The van der Waals surface area contributed by atoms with Crippen LogP contribution in [0.5, 0.6) is 0 Å². The number of carbonyl (C=O) groups excluding carboxylic acids is 1. The van der Waals surface area contributed by atoms with E-state index in [2.05, 4.69) is 10.1 Å². The Morgan fingerprint density at radius 1 is 1.42 bits per heavy atom. The number of esters is 1. The van der Waals surface area contributed by atoms with E-state index in [1.54, 1.807) is 24.9 Å². The Morgan fingerprint density at radius 2 is 2.16 bits per heavy atom. The van der Waals surface area contributed by atoms with E-state index in [0.717, 1.165) is 5.69 Å². The first-order valence-corrected chi connectivity index (χ1v) is 6.89. The molecule has 0 N–H and O–H groups in total. The first kappa shape index (κ1) is 13.6. The molecule has 0 saturated carbocycles. The second-order valence-corrected chi connectivity index (χ2v) is 5.13. The molecule has 0 saturated heterocycles. The van der Waals surface area contributed by atoms with Gasteiger partial charge in [-0.05, 0) is 26.0 Å². The van der Waals surface area contributed by atoms with Crippen molar-refractivity contribution < 1.29 is 9.53 Å². The Balaban J connectivity index is 2.04. The van der Waals surface area contributed by atoms with Crippen molar-refractivity contribution in [2.75, 3.05) is 6.61 Å². The van der Waals surface area contributed by atoms with Crippen LogP contribution in [0, 0.1) is 0 Å². The van der Waals surface area contributed by atoms with Crippen LogP contribution in [0.25, 0.3) is 5.69 Å². The molecule has 1 atom stereocenters. The van der Waals surface area contributed by atoms with E-state index < -0.39 is 0 Å². The van der Waals surface area contributed by atoms with E-state index in [9.17, 15) is 4.79 Å². The number of thioether (sulfide) groups is 1. The molecule has 0 bridgehead atoms. The van der Waals surface area contributed by atoms with E-state index in [1.165, 1.54) is 11.8 Å². The molecule has 1 aromatic heterocycles. The molecular formula is C13H15N3O2S. The van der Waals surface area contributed by atoms with Gasteiger partial charge in [-0.25, -0.2) is 9.67 Å². The number of para-hydroxylation sites is 1. The van der Waals surface area contributed by atoms with Gasteiger partial charge in [-0.2, -0.15) is 0 Å². The van der Waals surface area contributed by atoms with Crippen molar-refractivity contribution in [3.8, 4) is 5.69 Å². The molecule has 2 rings (SSSR count). The number of aromatic nitrogens is 3. The van der Waals surface area contributed by atoms with Gasteiger partial charge in [0.25, 0.3) is 0 Å². The molecule has 0 aliphatic carbocycles. The van der Waals surface area contributed by atoms with Crippen molar-refractivity contribution >= 4 is 17.7 Å². The van der Waals surface area contributed by atoms with Crippen LogP contribution in [0.1, 0.15) is 13.8 Å². The number of carbonyl (C=O) groups is 1. The van der Waals surface area contributed by atoms with Crippen LogP contribution < -0.4 is 0 Å². The van der Waals surface area contributed by atoms with Gasteiger partial charge in [0.1, 0.15) is 11.6 Å². The Kier molecular flexibility index (Phi) is 4.57. The number of nitrogens with zero attached hydrogens (tertiary/aromatic N) is 3. The number of hydrogen-bond acceptors (Lipinski definition) is 5. The fourth-order valence-corrected chi connectivity index (χ4v) is 2.20. The molecule has 1 aromatic carbocycles. The highest BCUT2D eigenvalue weighted by Crippen LogP contribution is 2.20. The molecule has 2 aromatic rings. The van der Waals surface area contributed by atoms with Crippen LogP contribution >= 0.6 is 11.8 Å². The third-order valence-electron chi connectivity index (χ3n) is 2.39. The lowest BCUT2D eigenvalue weighted by molar-refractivity contribution is -0.142. The van der Waals surface area contributed by atoms with Crippen molar-refractivity contribution in [1.29, 1.82) is 0 Å². The van der Waals surface area contributed by atoms with Gasteiger partial charge in [0.2, 0.25) is 5.16 Å². The second kappa shape index (κ2) is 6.38. The lowest BCUT2D eigenvalue weighted by atomic mass is 10.3. The topological polar surface area (TPSA) is 57.0 Å². The SMILES string of the molecule is CCOC(=O)[C@H](C)Sc1ncn(-c2ccccc2)n1. The third kappa shape index (κ3) is 3.57. The molecule has 6 heteroatoms. The summed E-state index contributed by atoms with van der Waals surface area (Å²) < 4.78 is 6.63. The Hall–Kier alpha value is -1.82. The van der Waals surface area contributed by atoms with Crippen molar-refractivity contribution in [1.82, 2.24) is 14.8 Å². The van der Waals surface area contributed by atoms with E-state index in [0.29, 0.717) is 11.8 Å². The van der Waals surface area contributed by atoms with Crippen molar-refractivity contribution in [3.63, 3.8) is 0 Å². The van der Waals surface area contributed by atoms with Gasteiger partial charge in [-0.3, -0.25) is 4.79 Å². The van der Waals surface area contributed by atoms with Gasteiger partial charge in [0, 0.05) is 0 Å². The fraction of sp³-hybridized carbons (Fsp3) is 0.308. The molecule has 100 valence electrons. The zero-order valence-electron chi connectivity index (χ0n) is 10.8. The predicted octanol–water partition coefficient (Wildman–Crippen LogP) is 2.31. The van der Waals surface area contributed by atoms with Crippen LogP contribution in [0.3, 0.4) is 0 Å². The third-order valence-corrected chi connectivity index (χ3v) is 3.34. The molecule has 5 nitrogen and oxygen atoms in total. The highest BCUT2D eigenvalue weighted by atomic mass is 32.2. The average Bonchev–Trinajstić information content (AvgIpc) is 2.88. The van der Waals surface area contributed by atoms with Crippen LogP contribution in [0.2, 0.25) is 0 Å². The Morgan fingerprint density at radius 3 is 2.84 bits per heavy atom. The van der Waals surface area contributed by atoms with Crippen LogP contribution in [0.15, 0.2) is 41.8 Å². The Bertz CT molecular complexity index is 542. The molecule has 0 radical (unpaired) electrons. The van der Waals surface area contributed by atoms with Gasteiger partial charge in [0.15, 0.2) is 0 Å². The fourth-order valence-electron chi connectivity index (χ4n) is 1.47. The second-order valence-electron chi connectivity index (χ2n) is 3.82. The maximum atomic E-state index is 11.5. The highest BCUT2D eigenvalue weighted by molar-refractivity contribution is 8.00. The van der Waals surface area contributed by atoms with Crippen LogP contribution in [0.4, 0.5) is 0 Å². The molecule has 0 unspecified atom stereocenters. The molecule has 0 amide bonds. The van der Waals surface area contributed by atoms with Gasteiger partial charge < -0.3 is 4.74 Å². The molecular weight excluding hydrogens is 262 g/mol. The number of rotatable bonds is 5. The summed E-state index contributed by atoms with van der Waals surface area (Å²) in [6.45, 7) is 3.96.